The molecule has 1 aromatic carbocycles. The van der Waals surface area contributed by atoms with Crippen molar-refractivity contribution in [2.75, 3.05) is 29.6 Å². The molecule has 0 radical (unpaired) electrons. The predicted octanol–water partition coefficient (Wildman–Crippen LogP) is 4.08. The molecule has 10 nitrogen and oxygen atoms in total. The van der Waals surface area contributed by atoms with E-state index in [0.29, 0.717) is 17.1 Å². The third-order valence-corrected chi connectivity index (χ3v) is 5.52. The Balaban J connectivity index is 2.68. The number of benzene rings is 1. The molecule has 1 heterocycles. The van der Waals surface area contributed by atoms with Crippen molar-refractivity contribution >= 4 is 38.8 Å². The van der Waals surface area contributed by atoms with Crippen molar-refractivity contribution < 1.29 is 13.2 Å². The van der Waals surface area contributed by atoms with Crippen molar-refractivity contribution in [3.63, 3.8) is 0 Å². The van der Waals surface area contributed by atoms with Gasteiger partial charge in [-0.05, 0) is 32.0 Å². The molecule has 0 bridgehead atoms. The number of azo groups is 1. The lowest BCUT2D eigenvalue weighted by molar-refractivity contribution is -0.114. The minimum Gasteiger partial charge on any atom is -0.372 e. The van der Waals surface area contributed by atoms with E-state index in [1.807, 2.05) is 46.8 Å². The molecule has 11 heteroatoms. The highest BCUT2D eigenvalue weighted by Crippen LogP contribution is 2.35. The van der Waals surface area contributed by atoms with Crippen LogP contribution in [0.5, 0.6) is 0 Å². The molecule has 2 rings (SSSR count). The van der Waals surface area contributed by atoms with Crippen LogP contribution in [0.1, 0.15) is 52.8 Å². The first-order valence-electron chi connectivity index (χ1n) is 10.2. The number of nitrogens with zero attached hydrogens (tertiary/aromatic N) is 6. The second-order valence-corrected chi connectivity index (χ2v) is 10.1. The van der Waals surface area contributed by atoms with Crippen LogP contribution in [0.15, 0.2) is 28.4 Å². The van der Waals surface area contributed by atoms with Crippen LogP contribution >= 0.6 is 0 Å². The van der Waals surface area contributed by atoms with Gasteiger partial charge in [-0.1, -0.05) is 20.8 Å². The maximum Gasteiger partial charge on any atom is 0.252 e. The monoisotopic (exact) mass is 459 g/mol. The quantitative estimate of drug-likeness (QED) is 0.620. The van der Waals surface area contributed by atoms with Crippen molar-refractivity contribution in [3.05, 3.63) is 29.5 Å². The van der Waals surface area contributed by atoms with E-state index in [1.54, 1.807) is 12.1 Å². The fraction of sp³-hybridized carbons (Fsp3) is 0.476. The van der Waals surface area contributed by atoms with Crippen LogP contribution in [0.3, 0.4) is 0 Å². The first kappa shape index (κ1) is 25.0. The number of carbonyl (C=O) groups is 1. The largest absolute Gasteiger partial charge is 0.372 e. The van der Waals surface area contributed by atoms with Gasteiger partial charge in [-0.25, -0.2) is 8.42 Å². The standard InChI is InChI=1S/C21H29N7O3S/c1-8-27(9-2)15-10-11-17(18(12-15)23-14(3)29)24-25-20-16(13-22)19(21(4,5)6)26-28(20)32(7,30)31/h10-12H,8-9H2,1-7H3,(H,23,29)/b25-24+. The highest BCUT2D eigenvalue weighted by molar-refractivity contribution is 7.89. The highest BCUT2D eigenvalue weighted by atomic mass is 32.2. The number of aromatic nitrogens is 2. The summed E-state index contributed by atoms with van der Waals surface area (Å²) in [6.07, 6.45) is 0.980. The van der Waals surface area contributed by atoms with Crippen molar-refractivity contribution in [2.24, 2.45) is 10.2 Å². The normalized spacial score (nSPS) is 12.1. The molecular formula is C21H29N7O3S. The molecular weight excluding hydrogens is 430 g/mol. The van der Waals surface area contributed by atoms with Crippen LogP contribution in [0.25, 0.3) is 0 Å². The Hall–Kier alpha value is -3.26. The summed E-state index contributed by atoms with van der Waals surface area (Å²) in [5.41, 5.74) is 1.39. The molecule has 0 unspecified atom stereocenters. The summed E-state index contributed by atoms with van der Waals surface area (Å²) in [4.78, 5) is 13.8. The van der Waals surface area contributed by atoms with Crippen LogP contribution in [0, 0.1) is 11.3 Å². The number of amides is 1. The lowest BCUT2D eigenvalue weighted by Gasteiger charge is -2.22. The van der Waals surface area contributed by atoms with Crippen molar-refractivity contribution in [1.82, 2.24) is 9.19 Å². The summed E-state index contributed by atoms with van der Waals surface area (Å²) in [7, 11) is -3.84. The molecule has 0 aliphatic rings. The molecule has 1 aromatic heterocycles. The first-order valence-corrected chi connectivity index (χ1v) is 12.0. The molecule has 0 saturated heterocycles. The zero-order valence-corrected chi connectivity index (χ0v) is 20.3. The Morgan fingerprint density at radius 3 is 2.34 bits per heavy atom. The lowest BCUT2D eigenvalue weighted by atomic mass is 9.90. The van der Waals surface area contributed by atoms with E-state index >= 15 is 0 Å². The summed E-state index contributed by atoms with van der Waals surface area (Å²) in [5, 5.41) is 24.8. The maximum absolute atomic E-state index is 12.3. The predicted molar refractivity (Wildman–Crippen MR) is 124 cm³/mol. The minimum absolute atomic E-state index is 0.0347. The number of anilines is 2. The van der Waals surface area contributed by atoms with Gasteiger partial charge >= 0.3 is 0 Å². The molecule has 0 saturated carbocycles. The summed E-state index contributed by atoms with van der Waals surface area (Å²) in [6.45, 7) is 12.5. The fourth-order valence-corrected chi connectivity index (χ4v) is 3.80. The van der Waals surface area contributed by atoms with Gasteiger partial charge in [0, 0.05) is 31.1 Å². The summed E-state index contributed by atoms with van der Waals surface area (Å²) in [6, 6.07) is 7.31. The molecule has 0 fully saturated rings. The van der Waals surface area contributed by atoms with Gasteiger partial charge in [0.1, 0.15) is 17.3 Å². The van der Waals surface area contributed by atoms with E-state index in [-0.39, 0.29) is 17.3 Å². The van der Waals surface area contributed by atoms with Crippen LogP contribution in [0.4, 0.5) is 22.9 Å². The van der Waals surface area contributed by atoms with Crippen LogP contribution in [-0.4, -0.2) is 42.9 Å². The number of nitrogens with one attached hydrogen (secondary N) is 1. The number of carbonyl (C=O) groups excluding carboxylic acids is 1. The molecule has 0 atom stereocenters. The van der Waals surface area contributed by atoms with Crippen LogP contribution in [-0.2, 0) is 20.2 Å². The Morgan fingerprint density at radius 1 is 1.25 bits per heavy atom. The van der Waals surface area contributed by atoms with E-state index in [2.05, 4.69) is 25.5 Å². The molecule has 1 N–H and O–H groups in total. The lowest BCUT2D eigenvalue weighted by Crippen LogP contribution is -2.21. The number of hydrogen-bond acceptors (Lipinski definition) is 8. The Bertz CT molecular complexity index is 1180. The van der Waals surface area contributed by atoms with E-state index in [4.69, 9.17) is 0 Å². The third kappa shape index (κ3) is 5.50. The molecule has 0 aliphatic heterocycles. The summed E-state index contributed by atoms with van der Waals surface area (Å²) in [5.74, 6) is -0.464. The SMILES string of the molecule is CCN(CC)c1ccc(/N=N/c2c(C#N)c(C(C)(C)C)nn2S(C)(=O)=O)c(NC(C)=O)c1. The van der Waals surface area contributed by atoms with E-state index in [9.17, 15) is 18.5 Å². The van der Waals surface area contributed by atoms with Crippen molar-refractivity contribution in [3.8, 4) is 6.07 Å². The molecule has 172 valence electrons. The molecule has 1 amide bonds. The summed E-state index contributed by atoms with van der Waals surface area (Å²) < 4.78 is 25.3. The second kappa shape index (κ2) is 9.48. The number of hydrogen-bond donors (Lipinski definition) is 1. The van der Waals surface area contributed by atoms with Gasteiger partial charge in [-0.2, -0.15) is 10.4 Å². The average molecular weight is 460 g/mol. The van der Waals surface area contributed by atoms with Crippen molar-refractivity contribution in [1.29, 1.82) is 5.26 Å². The smallest absolute Gasteiger partial charge is 0.252 e. The highest BCUT2D eigenvalue weighted by Gasteiger charge is 2.30. The molecule has 2 aromatic rings. The van der Waals surface area contributed by atoms with Gasteiger partial charge in [-0.3, -0.25) is 4.79 Å². The first-order chi connectivity index (χ1) is 14.8. The third-order valence-electron chi connectivity index (χ3n) is 4.64. The van der Waals surface area contributed by atoms with E-state index < -0.39 is 15.4 Å². The van der Waals surface area contributed by atoms with Gasteiger partial charge in [-0.15, -0.1) is 14.3 Å². The van der Waals surface area contributed by atoms with E-state index in [1.165, 1.54) is 6.92 Å². The average Bonchev–Trinajstić information content (AvgIpc) is 3.07. The molecule has 32 heavy (non-hydrogen) atoms. The van der Waals surface area contributed by atoms with Crippen LogP contribution < -0.4 is 10.2 Å². The van der Waals surface area contributed by atoms with Crippen LogP contribution in [0.2, 0.25) is 0 Å². The maximum atomic E-state index is 12.3. The number of nitriles is 1. The molecule has 0 spiro atoms. The van der Waals surface area contributed by atoms with Gasteiger partial charge in [0.25, 0.3) is 10.0 Å². The number of rotatable bonds is 7. The van der Waals surface area contributed by atoms with E-state index in [0.717, 1.165) is 29.1 Å². The van der Waals surface area contributed by atoms with Gasteiger partial charge in [0.05, 0.1) is 17.6 Å². The Morgan fingerprint density at radius 2 is 1.88 bits per heavy atom. The van der Waals surface area contributed by atoms with Crippen molar-refractivity contribution in [2.45, 2.75) is 47.0 Å². The minimum atomic E-state index is -3.84. The zero-order chi connectivity index (χ0) is 24.3. The Kier molecular flexibility index (Phi) is 7.41. The topological polar surface area (TPSA) is 133 Å². The summed E-state index contributed by atoms with van der Waals surface area (Å²) >= 11 is 0. The Labute approximate surface area is 189 Å². The van der Waals surface area contributed by atoms with Gasteiger partial charge in [0.15, 0.2) is 0 Å². The van der Waals surface area contributed by atoms with Gasteiger partial charge < -0.3 is 10.2 Å². The molecule has 0 aliphatic carbocycles. The van der Waals surface area contributed by atoms with Gasteiger partial charge in [0.2, 0.25) is 11.7 Å². The second-order valence-electron chi connectivity index (χ2n) is 8.27. The fourth-order valence-electron chi connectivity index (χ4n) is 3.12. The zero-order valence-electron chi connectivity index (χ0n) is 19.5.